The van der Waals surface area contributed by atoms with Gasteiger partial charge >= 0.3 is 0 Å². The number of primary amides is 2. The minimum Gasteiger partial charge on any atom is -0.380 e. The van der Waals surface area contributed by atoms with Gasteiger partial charge in [-0.25, -0.2) is 0 Å². The third-order valence-corrected chi connectivity index (χ3v) is 4.34. The van der Waals surface area contributed by atoms with Gasteiger partial charge in [0.2, 0.25) is 11.8 Å². The van der Waals surface area contributed by atoms with Gasteiger partial charge in [-0.1, -0.05) is 18.2 Å². The molecule has 0 aromatic heterocycles. The lowest BCUT2D eigenvalue weighted by atomic mass is 9.64. The second kappa shape index (κ2) is 5.76. The first-order valence-electron chi connectivity index (χ1n) is 6.73. The van der Waals surface area contributed by atoms with Crippen molar-refractivity contribution in [3.8, 4) is 0 Å². The zero-order valence-corrected chi connectivity index (χ0v) is 11.6. The van der Waals surface area contributed by atoms with E-state index in [1.807, 2.05) is 0 Å². The summed E-state index contributed by atoms with van der Waals surface area (Å²) in [6.07, 6.45) is 6.03. The predicted molar refractivity (Wildman–Crippen MR) is 74.4 cm³/mol. The van der Waals surface area contributed by atoms with E-state index in [0.29, 0.717) is 12.1 Å². The molecule has 0 spiro atoms. The van der Waals surface area contributed by atoms with Crippen LogP contribution in [0.1, 0.15) is 12.8 Å². The van der Waals surface area contributed by atoms with Crippen molar-refractivity contribution in [3.63, 3.8) is 0 Å². The van der Waals surface area contributed by atoms with Crippen molar-refractivity contribution in [2.75, 3.05) is 20.2 Å². The van der Waals surface area contributed by atoms with Crippen LogP contribution in [0.4, 0.5) is 0 Å². The third-order valence-electron chi connectivity index (χ3n) is 4.34. The van der Waals surface area contributed by atoms with Crippen LogP contribution in [0.5, 0.6) is 0 Å². The highest BCUT2D eigenvalue weighted by atomic mass is 16.5. The molecule has 0 aromatic carbocycles. The van der Waals surface area contributed by atoms with Crippen molar-refractivity contribution in [2.24, 2.45) is 22.8 Å². The Kier molecular flexibility index (Phi) is 4.25. The van der Waals surface area contributed by atoms with Crippen molar-refractivity contribution in [3.05, 3.63) is 23.8 Å². The zero-order valence-electron chi connectivity index (χ0n) is 11.6. The highest BCUT2D eigenvalue weighted by Crippen LogP contribution is 2.43. The predicted octanol–water partition coefficient (Wildman–Crippen LogP) is -0.546. The van der Waals surface area contributed by atoms with Gasteiger partial charge in [-0.3, -0.25) is 9.59 Å². The van der Waals surface area contributed by atoms with Crippen LogP contribution in [0.3, 0.4) is 0 Å². The largest absolute Gasteiger partial charge is 0.380 e. The van der Waals surface area contributed by atoms with Gasteiger partial charge in [0.1, 0.15) is 0 Å². The summed E-state index contributed by atoms with van der Waals surface area (Å²) in [6.45, 7) is 1.46. The molecule has 1 aliphatic carbocycles. The summed E-state index contributed by atoms with van der Waals surface area (Å²) in [4.78, 5) is 23.5. The fourth-order valence-corrected chi connectivity index (χ4v) is 3.21. The molecule has 0 saturated carbocycles. The molecule has 2 rings (SSSR count). The first-order chi connectivity index (χ1) is 9.51. The molecule has 1 fully saturated rings. The summed E-state index contributed by atoms with van der Waals surface area (Å²) in [5.74, 6) is -1.01. The minimum absolute atomic E-state index is 0.0643. The standard InChI is InChI=1S/C14H21N3O3/c1-20-11-8-17-6-4-10(11)14(13(16)19)5-2-3-9(7-14)12(15)18/h2-3,5,10-11,17H,4,6-8H2,1H3,(H2,15,18)(H2,16,19). The highest BCUT2D eigenvalue weighted by molar-refractivity contribution is 5.95. The van der Waals surface area contributed by atoms with Crippen LogP contribution in [0.15, 0.2) is 23.8 Å². The van der Waals surface area contributed by atoms with Crippen LogP contribution in [0.25, 0.3) is 0 Å². The average Bonchev–Trinajstić information content (AvgIpc) is 2.47. The Morgan fingerprint density at radius 1 is 1.45 bits per heavy atom. The molecule has 2 aliphatic rings. The maximum Gasteiger partial charge on any atom is 0.244 e. The minimum atomic E-state index is -0.901. The third kappa shape index (κ3) is 2.48. The van der Waals surface area contributed by atoms with Crippen LogP contribution < -0.4 is 16.8 Å². The van der Waals surface area contributed by atoms with Gasteiger partial charge in [-0.05, 0) is 19.4 Å². The average molecular weight is 279 g/mol. The number of carbonyl (C=O) groups is 2. The molecule has 110 valence electrons. The number of rotatable bonds is 4. The molecule has 6 nitrogen and oxygen atoms in total. The van der Waals surface area contributed by atoms with Crippen molar-refractivity contribution in [1.29, 1.82) is 0 Å². The van der Waals surface area contributed by atoms with Crippen LogP contribution in [-0.4, -0.2) is 38.1 Å². The highest BCUT2D eigenvalue weighted by Gasteiger charge is 2.48. The number of ether oxygens (including phenoxy) is 1. The number of hydrogen-bond acceptors (Lipinski definition) is 4. The quantitative estimate of drug-likeness (QED) is 0.642. The lowest BCUT2D eigenvalue weighted by Crippen LogP contribution is -2.54. The van der Waals surface area contributed by atoms with E-state index in [-0.39, 0.29) is 18.4 Å². The molecule has 5 N–H and O–H groups in total. The van der Waals surface area contributed by atoms with Gasteiger partial charge in [-0.2, -0.15) is 0 Å². The molecule has 2 amide bonds. The van der Waals surface area contributed by atoms with Crippen LogP contribution in [-0.2, 0) is 14.3 Å². The summed E-state index contributed by atoms with van der Waals surface area (Å²) in [5, 5.41) is 3.24. The second-order valence-electron chi connectivity index (χ2n) is 5.37. The number of hydrogen-bond donors (Lipinski definition) is 3. The molecule has 1 saturated heterocycles. The van der Waals surface area contributed by atoms with Crippen molar-refractivity contribution in [2.45, 2.75) is 18.9 Å². The summed E-state index contributed by atoms with van der Waals surface area (Å²) < 4.78 is 5.49. The first-order valence-corrected chi connectivity index (χ1v) is 6.73. The number of allylic oxidation sites excluding steroid dienone is 2. The second-order valence-corrected chi connectivity index (χ2v) is 5.37. The summed E-state index contributed by atoms with van der Waals surface area (Å²) in [6, 6.07) is 0. The van der Waals surface area contributed by atoms with Crippen molar-refractivity contribution < 1.29 is 14.3 Å². The van der Waals surface area contributed by atoms with E-state index in [4.69, 9.17) is 16.2 Å². The normalized spacial score (nSPS) is 33.5. The maximum absolute atomic E-state index is 12.1. The number of piperidine rings is 1. The van der Waals surface area contributed by atoms with Crippen LogP contribution in [0.2, 0.25) is 0 Å². The summed E-state index contributed by atoms with van der Waals surface area (Å²) in [7, 11) is 1.62. The SMILES string of the molecule is COC1CNCCC1C1(C(N)=O)C=CC=C(C(N)=O)C1. The van der Waals surface area contributed by atoms with Crippen molar-refractivity contribution in [1.82, 2.24) is 5.32 Å². The molecule has 20 heavy (non-hydrogen) atoms. The lowest BCUT2D eigenvalue weighted by Gasteiger charge is -2.43. The number of carbonyl (C=O) groups excluding carboxylic acids is 2. The van der Waals surface area contributed by atoms with E-state index in [9.17, 15) is 9.59 Å². The summed E-state index contributed by atoms with van der Waals surface area (Å²) in [5.41, 5.74) is 10.5. The first kappa shape index (κ1) is 14.7. The number of methoxy groups -OCH3 is 1. The van der Waals surface area contributed by atoms with Crippen LogP contribution >= 0.6 is 0 Å². The Morgan fingerprint density at radius 2 is 2.20 bits per heavy atom. The smallest absolute Gasteiger partial charge is 0.244 e. The molecule has 0 bridgehead atoms. The summed E-state index contributed by atoms with van der Waals surface area (Å²) >= 11 is 0. The Bertz CT molecular complexity index is 472. The van der Waals surface area contributed by atoms with Gasteiger partial charge in [0.05, 0.1) is 11.5 Å². The Morgan fingerprint density at radius 3 is 2.80 bits per heavy atom. The van der Waals surface area contributed by atoms with Crippen LogP contribution in [0, 0.1) is 11.3 Å². The van der Waals surface area contributed by atoms with E-state index < -0.39 is 17.2 Å². The van der Waals surface area contributed by atoms with E-state index in [2.05, 4.69) is 5.32 Å². The Balaban J connectivity index is 2.36. The number of nitrogens with two attached hydrogens (primary N) is 2. The Hall–Kier alpha value is -1.66. The molecule has 3 unspecified atom stereocenters. The van der Waals surface area contributed by atoms with Gasteiger partial charge in [-0.15, -0.1) is 0 Å². The monoisotopic (exact) mass is 279 g/mol. The molecule has 1 aliphatic heterocycles. The molecule has 3 atom stereocenters. The molecule has 6 heteroatoms. The van der Waals surface area contributed by atoms with E-state index in [1.54, 1.807) is 25.3 Å². The van der Waals surface area contributed by atoms with E-state index >= 15 is 0 Å². The van der Waals surface area contributed by atoms with E-state index in [0.717, 1.165) is 13.0 Å². The number of nitrogens with one attached hydrogen (secondary N) is 1. The molecule has 0 radical (unpaired) electrons. The topological polar surface area (TPSA) is 107 Å². The van der Waals surface area contributed by atoms with Gasteiger partial charge < -0.3 is 21.5 Å². The van der Waals surface area contributed by atoms with Gasteiger partial charge in [0.15, 0.2) is 0 Å². The Labute approximate surface area is 118 Å². The fraction of sp³-hybridized carbons (Fsp3) is 0.571. The van der Waals surface area contributed by atoms with Gasteiger partial charge in [0, 0.05) is 25.1 Å². The molecular formula is C14H21N3O3. The fourth-order valence-electron chi connectivity index (χ4n) is 3.21. The zero-order chi connectivity index (χ0) is 14.8. The number of amides is 2. The maximum atomic E-state index is 12.1. The molecular weight excluding hydrogens is 258 g/mol. The molecule has 0 aromatic rings. The molecule has 1 heterocycles. The van der Waals surface area contributed by atoms with Gasteiger partial charge in [0.25, 0.3) is 0 Å². The van der Waals surface area contributed by atoms with E-state index in [1.165, 1.54) is 0 Å². The lowest BCUT2D eigenvalue weighted by molar-refractivity contribution is -0.132. The van der Waals surface area contributed by atoms with Crippen molar-refractivity contribution >= 4 is 11.8 Å².